The number of phenols is 2. The number of rotatable bonds is 4. The SMILES string of the molecule is CC(NCC1CCCCS1)c1cc(O)ccc1O. The highest BCUT2D eigenvalue weighted by atomic mass is 32.2. The second-order valence-electron chi connectivity index (χ2n) is 4.86. The Morgan fingerprint density at radius 3 is 2.94 bits per heavy atom. The van der Waals surface area contributed by atoms with E-state index in [1.807, 2.05) is 18.7 Å². The lowest BCUT2D eigenvalue weighted by Crippen LogP contribution is -2.29. The lowest BCUT2D eigenvalue weighted by molar-refractivity contribution is 0.439. The molecule has 18 heavy (non-hydrogen) atoms. The van der Waals surface area contributed by atoms with Crippen LogP contribution in [0, 0.1) is 0 Å². The van der Waals surface area contributed by atoms with Gasteiger partial charge in [-0.25, -0.2) is 0 Å². The van der Waals surface area contributed by atoms with Crippen molar-refractivity contribution in [2.45, 2.75) is 37.5 Å². The van der Waals surface area contributed by atoms with Crippen LogP contribution in [-0.4, -0.2) is 27.8 Å². The van der Waals surface area contributed by atoms with Crippen LogP contribution in [0.5, 0.6) is 11.5 Å². The highest BCUT2D eigenvalue weighted by Gasteiger charge is 2.16. The third-order valence-corrected chi connectivity index (χ3v) is 4.80. The van der Waals surface area contributed by atoms with E-state index in [1.165, 1.54) is 37.1 Å². The molecule has 0 bridgehead atoms. The zero-order valence-electron chi connectivity index (χ0n) is 10.7. The summed E-state index contributed by atoms with van der Waals surface area (Å²) >= 11 is 2.03. The van der Waals surface area contributed by atoms with Crippen LogP contribution in [0.25, 0.3) is 0 Å². The first-order valence-electron chi connectivity index (χ1n) is 6.53. The van der Waals surface area contributed by atoms with Crippen LogP contribution in [0.3, 0.4) is 0 Å². The van der Waals surface area contributed by atoms with Crippen LogP contribution in [0.4, 0.5) is 0 Å². The number of aromatic hydroxyl groups is 2. The average molecular weight is 267 g/mol. The fourth-order valence-corrected chi connectivity index (χ4v) is 3.53. The second kappa shape index (κ2) is 6.34. The van der Waals surface area contributed by atoms with Gasteiger partial charge in [0.1, 0.15) is 11.5 Å². The lowest BCUT2D eigenvalue weighted by Gasteiger charge is -2.24. The molecule has 2 rings (SSSR count). The zero-order valence-corrected chi connectivity index (χ0v) is 11.5. The minimum atomic E-state index is 0.0552. The molecule has 1 saturated heterocycles. The molecule has 0 aromatic heterocycles. The first kappa shape index (κ1) is 13.6. The highest BCUT2D eigenvalue weighted by molar-refractivity contribution is 7.99. The van der Waals surface area contributed by atoms with Crippen LogP contribution in [0.2, 0.25) is 0 Å². The summed E-state index contributed by atoms with van der Waals surface area (Å²) < 4.78 is 0. The molecule has 1 aliphatic rings. The number of benzene rings is 1. The predicted octanol–water partition coefficient (Wildman–Crippen LogP) is 3.03. The summed E-state index contributed by atoms with van der Waals surface area (Å²) in [7, 11) is 0. The van der Waals surface area contributed by atoms with Gasteiger partial charge in [0.05, 0.1) is 0 Å². The largest absolute Gasteiger partial charge is 0.508 e. The maximum atomic E-state index is 9.79. The van der Waals surface area contributed by atoms with E-state index < -0.39 is 0 Å². The predicted molar refractivity (Wildman–Crippen MR) is 76.3 cm³/mol. The van der Waals surface area contributed by atoms with Gasteiger partial charge in [0.2, 0.25) is 0 Å². The van der Waals surface area contributed by atoms with Crippen molar-refractivity contribution in [3.05, 3.63) is 23.8 Å². The Morgan fingerprint density at radius 2 is 2.22 bits per heavy atom. The molecule has 100 valence electrons. The van der Waals surface area contributed by atoms with Crippen molar-refractivity contribution in [2.75, 3.05) is 12.3 Å². The molecular weight excluding hydrogens is 246 g/mol. The topological polar surface area (TPSA) is 52.5 Å². The molecule has 3 N–H and O–H groups in total. The van der Waals surface area contributed by atoms with Crippen LogP contribution in [0.1, 0.15) is 37.8 Å². The maximum absolute atomic E-state index is 9.79. The Kier molecular flexibility index (Phi) is 4.78. The van der Waals surface area contributed by atoms with E-state index in [0.29, 0.717) is 5.25 Å². The molecule has 3 nitrogen and oxygen atoms in total. The summed E-state index contributed by atoms with van der Waals surface area (Å²) in [6, 6.07) is 4.72. The van der Waals surface area contributed by atoms with Crippen molar-refractivity contribution >= 4 is 11.8 Å². The van der Waals surface area contributed by atoms with E-state index in [2.05, 4.69) is 5.32 Å². The third kappa shape index (κ3) is 3.56. The van der Waals surface area contributed by atoms with Gasteiger partial charge in [-0.05, 0) is 43.7 Å². The molecule has 0 spiro atoms. The van der Waals surface area contributed by atoms with E-state index >= 15 is 0 Å². The summed E-state index contributed by atoms with van der Waals surface area (Å²) in [4.78, 5) is 0. The molecule has 0 radical (unpaired) electrons. The van der Waals surface area contributed by atoms with Crippen molar-refractivity contribution in [3.63, 3.8) is 0 Å². The van der Waals surface area contributed by atoms with E-state index in [9.17, 15) is 10.2 Å². The number of nitrogens with one attached hydrogen (secondary N) is 1. The summed E-state index contributed by atoms with van der Waals surface area (Å²) in [5, 5.41) is 23.4. The van der Waals surface area contributed by atoms with Gasteiger partial charge in [-0.1, -0.05) is 6.42 Å². The molecule has 1 aromatic carbocycles. The number of hydrogen-bond acceptors (Lipinski definition) is 4. The fourth-order valence-electron chi connectivity index (χ4n) is 2.28. The number of thioether (sulfide) groups is 1. The molecule has 2 atom stereocenters. The summed E-state index contributed by atoms with van der Waals surface area (Å²) in [6.07, 6.45) is 3.94. The summed E-state index contributed by atoms with van der Waals surface area (Å²) in [5.74, 6) is 1.70. The summed E-state index contributed by atoms with van der Waals surface area (Å²) in [5.41, 5.74) is 0.760. The lowest BCUT2D eigenvalue weighted by atomic mass is 10.1. The smallest absolute Gasteiger partial charge is 0.120 e. The van der Waals surface area contributed by atoms with Gasteiger partial charge in [0.15, 0.2) is 0 Å². The second-order valence-corrected chi connectivity index (χ2v) is 6.27. The van der Waals surface area contributed by atoms with Crippen molar-refractivity contribution in [1.82, 2.24) is 5.32 Å². The van der Waals surface area contributed by atoms with Crippen molar-refractivity contribution in [2.24, 2.45) is 0 Å². The molecule has 0 amide bonds. The molecule has 1 aliphatic heterocycles. The normalized spacial score (nSPS) is 21.7. The van der Waals surface area contributed by atoms with Gasteiger partial charge in [-0.3, -0.25) is 0 Å². The molecule has 0 aliphatic carbocycles. The Balaban J connectivity index is 1.90. The Bertz CT molecular complexity index is 391. The van der Waals surface area contributed by atoms with Crippen LogP contribution in [-0.2, 0) is 0 Å². The van der Waals surface area contributed by atoms with Gasteiger partial charge in [0.25, 0.3) is 0 Å². The molecule has 4 heteroatoms. The van der Waals surface area contributed by atoms with Gasteiger partial charge in [-0.15, -0.1) is 0 Å². The Hall–Kier alpha value is -0.870. The first-order valence-corrected chi connectivity index (χ1v) is 7.58. The molecule has 2 unspecified atom stereocenters. The van der Waals surface area contributed by atoms with E-state index in [0.717, 1.165) is 12.1 Å². The van der Waals surface area contributed by atoms with Crippen molar-refractivity contribution < 1.29 is 10.2 Å². The van der Waals surface area contributed by atoms with Crippen molar-refractivity contribution in [1.29, 1.82) is 0 Å². The number of hydrogen-bond donors (Lipinski definition) is 3. The fraction of sp³-hybridized carbons (Fsp3) is 0.571. The van der Waals surface area contributed by atoms with E-state index in [4.69, 9.17) is 0 Å². The zero-order chi connectivity index (χ0) is 13.0. The minimum Gasteiger partial charge on any atom is -0.508 e. The quantitative estimate of drug-likeness (QED) is 0.734. The van der Waals surface area contributed by atoms with Crippen LogP contribution in [0.15, 0.2) is 18.2 Å². The maximum Gasteiger partial charge on any atom is 0.120 e. The molecule has 1 heterocycles. The van der Waals surface area contributed by atoms with Gasteiger partial charge in [-0.2, -0.15) is 11.8 Å². The molecule has 1 fully saturated rings. The number of phenolic OH excluding ortho intramolecular Hbond substituents is 2. The standard InChI is InChI=1S/C14H21NO2S/c1-10(13-8-11(16)5-6-14(13)17)15-9-12-4-2-3-7-18-12/h5-6,8,10,12,15-17H,2-4,7,9H2,1H3. The monoisotopic (exact) mass is 267 g/mol. The highest BCUT2D eigenvalue weighted by Crippen LogP contribution is 2.29. The molecular formula is C14H21NO2S. The minimum absolute atomic E-state index is 0.0552. The first-order chi connectivity index (χ1) is 8.66. The van der Waals surface area contributed by atoms with Crippen LogP contribution >= 0.6 is 11.8 Å². The third-order valence-electron chi connectivity index (χ3n) is 3.40. The van der Waals surface area contributed by atoms with Crippen molar-refractivity contribution in [3.8, 4) is 11.5 Å². The van der Waals surface area contributed by atoms with E-state index in [1.54, 1.807) is 6.07 Å². The average Bonchev–Trinajstić information content (AvgIpc) is 2.40. The Labute approximate surface area is 113 Å². The van der Waals surface area contributed by atoms with Gasteiger partial charge < -0.3 is 15.5 Å². The van der Waals surface area contributed by atoms with E-state index in [-0.39, 0.29) is 17.5 Å². The molecule has 0 saturated carbocycles. The van der Waals surface area contributed by atoms with Gasteiger partial charge >= 0.3 is 0 Å². The van der Waals surface area contributed by atoms with Crippen LogP contribution < -0.4 is 5.32 Å². The molecule has 1 aromatic rings. The summed E-state index contributed by atoms with van der Waals surface area (Å²) in [6.45, 7) is 2.98. The van der Waals surface area contributed by atoms with Gasteiger partial charge in [0, 0.05) is 23.4 Å². The Morgan fingerprint density at radius 1 is 1.39 bits per heavy atom.